The van der Waals surface area contributed by atoms with Crippen LogP contribution in [-0.2, 0) is 12.7 Å². The van der Waals surface area contributed by atoms with E-state index in [1.165, 1.54) is 6.07 Å². The maximum atomic E-state index is 13.1. The molecule has 0 aliphatic carbocycles. The van der Waals surface area contributed by atoms with E-state index in [0.717, 1.165) is 25.5 Å². The fourth-order valence-electron chi connectivity index (χ4n) is 3.08. The molecular weight excluding hydrogens is 284 g/mol. The van der Waals surface area contributed by atoms with Crippen LogP contribution in [0.5, 0.6) is 0 Å². The first kappa shape index (κ1) is 16.2. The van der Waals surface area contributed by atoms with Gasteiger partial charge in [0.05, 0.1) is 5.56 Å². The van der Waals surface area contributed by atoms with Crippen molar-refractivity contribution in [2.45, 2.75) is 38.5 Å². The number of halogens is 4. The van der Waals surface area contributed by atoms with Crippen molar-refractivity contribution < 1.29 is 17.6 Å². The lowest BCUT2D eigenvalue weighted by molar-refractivity contribution is -0.138. The first-order valence-electron chi connectivity index (χ1n) is 7.12. The highest BCUT2D eigenvalue weighted by molar-refractivity contribution is 5.30. The molecule has 0 amide bonds. The van der Waals surface area contributed by atoms with E-state index in [0.29, 0.717) is 18.5 Å². The number of rotatable bonds is 3. The molecule has 1 saturated heterocycles. The molecule has 6 heteroatoms. The van der Waals surface area contributed by atoms with Crippen LogP contribution in [0, 0.1) is 11.7 Å². The van der Waals surface area contributed by atoms with Crippen molar-refractivity contribution in [3.8, 4) is 0 Å². The molecule has 1 aliphatic rings. The largest absolute Gasteiger partial charge is 0.416 e. The zero-order valence-electron chi connectivity index (χ0n) is 12.0. The lowest BCUT2D eigenvalue weighted by atomic mass is 9.90. The predicted octanol–water partition coefficient (Wildman–Crippen LogP) is 3.40. The van der Waals surface area contributed by atoms with Gasteiger partial charge in [0.1, 0.15) is 5.82 Å². The van der Waals surface area contributed by atoms with Crippen LogP contribution in [0.2, 0.25) is 0 Å². The van der Waals surface area contributed by atoms with Crippen LogP contribution < -0.4 is 5.73 Å². The van der Waals surface area contributed by atoms with Gasteiger partial charge in [-0.05, 0) is 43.0 Å². The van der Waals surface area contributed by atoms with Crippen molar-refractivity contribution in [1.29, 1.82) is 0 Å². The summed E-state index contributed by atoms with van der Waals surface area (Å²) in [5, 5.41) is 0. The Bertz CT molecular complexity index is 487. The average Bonchev–Trinajstić information content (AvgIpc) is 2.40. The van der Waals surface area contributed by atoms with Crippen LogP contribution in [0.4, 0.5) is 17.6 Å². The van der Waals surface area contributed by atoms with E-state index in [9.17, 15) is 17.6 Å². The molecule has 2 unspecified atom stereocenters. The second-order valence-corrected chi connectivity index (χ2v) is 5.69. The van der Waals surface area contributed by atoms with E-state index in [-0.39, 0.29) is 18.2 Å². The molecule has 1 aliphatic heterocycles. The number of hydrogen-bond donors (Lipinski definition) is 1. The van der Waals surface area contributed by atoms with Gasteiger partial charge >= 0.3 is 6.18 Å². The highest BCUT2D eigenvalue weighted by Crippen LogP contribution is 2.34. The maximum Gasteiger partial charge on any atom is 0.416 e. The molecule has 21 heavy (non-hydrogen) atoms. The van der Waals surface area contributed by atoms with Gasteiger partial charge in [0, 0.05) is 19.1 Å². The Balaban J connectivity index is 2.26. The summed E-state index contributed by atoms with van der Waals surface area (Å²) in [5.41, 5.74) is 4.98. The smallest absolute Gasteiger partial charge is 0.329 e. The minimum absolute atomic E-state index is 0.0740. The number of alkyl halides is 3. The van der Waals surface area contributed by atoms with E-state index >= 15 is 0 Å². The molecule has 0 bridgehead atoms. The number of nitrogens with zero attached hydrogens (tertiary/aromatic N) is 1. The summed E-state index contributed by atoms with van der Waals surface area (Å²) >= 11 is 0. The molecule has 118 valence electrons. The van der Waals surface area contributed by atoms with Gasteiger partial charge in [0.25, 0.3) is 0 Å². The van der Waals surface area contributed by atoms with Crippen LogP contribution in [-0.4, -0.2) is 24.0 Å². The number of likely N-dealkylation sites (tertiary alicyclic amines) is 1. The second-order valence-electron chi connectivity index (χ2n) is 5.69. The summed E-state index contributed by atoms with van der Waals surface area (Å²) in [5.74, 6) is -0.507. The maximum absolute atomic E-state index is 13.1. The highest BCUT2D eigenvalue weighted by atomic mass is 19.4. The van der Waals surface area contributed by atoms with Crippen LogP contribution in [0.25, 0.3) is 0 Å². The van der Waals surface area contributed by atoms with Crippen molar-refractivity contribution >= 4 is 0 Å². The van der Waals surface area contributed by atoms with Gasteiger partial charge in [-0.25, -0.2) is 4.39 Å². The molecule has 2 N–H and O–H groups in total. The van der Waals surface area contributed by atoms with E-state index < -0.39 is 17.6 Å². The van der Waals surface area contributed by atoms with Crippen LogP contribution in [0.1, 0.15) is 30.9 Å². The van der Waals surface area contributed by atoms with Gasteiger partial charge in [-0.1, -0.05) is 13.0 Å². The quantitative estimate of drug-likeness (QED) is 0.867. The molecule has 1 heterocycles. The predicted molar refractivity (Wildman–Crippen MR) is 73.1 cm³/mol. The number of benzene rings is 1. The third-order valence-electron chi connectivity index (χ3n) is 4.22. The molecule has 1 aromatic carbocycles. The van der Waals surface area contributed by atoms with E-state index in [2.05, 4.69) is 6.92 Å². The molecule has 0 spiro atoms. The first-order valence-corrected chi connectivity index (χ1v) is 7.12. The van der Waals surface area contributed by atoms with Gasteiger partial charge in [0.2, 0.25) is 0 Å². The Morgan fingerprint density at radius 1 is 1.33 bits per heavy atom. The molecule has 2 atom stereocenters. The van der Waals surface area contributed by atoms with Crippen molar-refractivity contribution in [3.63, 3.8) is 0 Å². The van der Waals surface area contributed by atoms with Crippen LogP contribution in [0.15, 0.2) is 18.2 Å². The Hall–Kier alpha value is -1.14. The fraction of sp³-hybridized carbons (Fsp3) is 0.600. The summed E-state index contributed by atoms with van der Waals surface area (Å²) in [6, 6.07) is 2.95. The third-order valence-corrected chi connectivity index (χ3v) is 4.22. The Morgan fingerprint density at radius 3 is 2.67 bits per heavy atom. The Morgan fingerprint density at radius 2 is 2.05 bits per heavy atom. The average molecular weight is 304 g/mol. The standard InChI is InChI=1S/C15H20F4N2/c1-10-3-2-6-21(14(10)8-20)9-11-4-5-12(16)7-13(11)15(17,18)19/h4-5,7,10,14H,2-3,6,8-9,20H2,1H3. The summed E-state index contributed by atoms with van der Waals surface area (Å²) in [4.78, 5) is 1.98. The number of nitrogens with two attached hydrogens (primary N) is 1. The topological polar surface area (TPSA) is 29.3 Å². The molecule has 0 saturated carbocycles. The summed E-state index contributed by atoms with van der Waals surface area (Å²) in [7, 11) is 0. The summed E-state index contributed by atoms with van der Waals surface area (Å²) < 4.78 is 52.2. The first-order chi connectivity index (χ1) is 9.82. The summed E-state index contributed by atoms with van der Waals surface area (Å²) in [6.07, 6.45) is -2.56. The fourth-order valence-corrected chi connectivity index (χ4v) is 3.08. The third kappa shape index (κ3) is 3.74. The molecule has 0 aromatic heterocycles. The lowest BCUT2D eigenvalue weighted by Crippen LogP contribution is -2.48. The zero-order chi connectivity index (χ0) is 15.6. The second kappa shape index (κ2) is 6.32. The van der Waals surface area contributed by atoms with Crippen molar-refractivity contribution in [2.24, 2.45) is 11.7 Å². The van der Waals surface area contributed by atoms with Crippen LogP contribution in [0.3, 0.4) is 0 Å². The molecular formula is C15H20F4N2. The van der Waals surface area contributed by atoms with Crippen LogP contribution >= 0.6 is 0 Å². The minimum atomic E-state index is -4.54. The van der Waals surface area contributed by atoms with Gasteiger partial charge in [0.15, 0.2) is 0 Å². The molecule has 2 rings (SSSR count). The number of hydrogen-bond acceptors (Lipinski definition) is 2. The van der Waals surface area contributed by atoms with Gasteiger partial charge in [-0.3, -0.25) is 4.90 Å². The molecule has 0 radical (unpaired) electrons. The Kier molecular flexibility index (Phi) is 4.88. The van der Waals surface area contributed by atoms with Crippen molar-refractivity contribution in [1.82, 2.24) is 4.90 Å². The lowest BCUT2D eigenvalue weighted by Gasteiger charge is -2.39. The number of piperidine rings is 1. The zero-order valence-corrected chi connectivity index (χ0v) is 12.0. The van der Waals surface area contributed by atoms with E-state index in [1.54, 1.807) is 0 Å². The Labute approximate surface area is 121 Å². The molecule has 1 aromatic rings. The van der Waals surface area contributed by atoms with E-state index in [1.807, 2.05) is 4.90 Å². The van der Waals surface area contributed by atoms with Crippen molar-refractivity contribution in [3.05, 3.63) is 35.1 Å². The van der Waals surface area contributed by atoms with Gasteiger partial charge in [-0.15, -0.1) is 0 Å². The van der Waals surface area contributed by atoms with Crippen molar-refractivity contribution in [2.75, 3.05) is 13.1 Å². The molecule has 1 fully saturated rings. The molecule has 2 nitrogen and oxygen atoms in total. The van der Waals surface area contributed by atoms with Gasteiger partial charge in [-0.2, -0.15) is 13.2 Å². The minimum Gasteiger partial charge on any atom is -0.329 e. The van der Waals surface area contributed by atoms with Gasteiger partial charge < -0.3 is 5.73 Å². The SMILES string of the molecule is CC1CCCN(Cc2ccc(F)cc2C(F)(F)F)C1CN. The normalized spacial score (nSPS) is 24.3. The summed E-state index contributed by atoms with van der Waals surface area (Å²) in [6.45, 7) is 3.37. The van der Waals surface area contributed by atoms with E-state index in [4.69, 9.17) is 5.73 Å². The highest BCUT2D eigenvalue weighted by Gasteiger charge is 2.35. The monoisotopic (exact) mass is 304 g/mol.